The van der Waals surface area contributed by atoms with Crippen molar-refractivity contribution in [3.05, 3.63) is 48.2 Å². The summed E-state index contributed by atoms with van der Waals surface area (Å²) in [6.45, 7) is 0. The summed E-state index contributed by atoms with van der Waals surface area (Å²) in [5.74, 6) is -0.119. The van der Waals surface area contributed by atoms with Gasteiger partial charge in [-0.3, -0.25) is 0 Å². The second-order valence-electron chi connectivity index (χ2n) is 3.69. The lowest BCUT2D eigenvalue weighted by Crippen LogP contribution is -2.17. The van der Waals surface area contributed by atoms with Crippen molar-refractivity contribution in [3.8, 4) is 11.8 Å². The molecule has 0 amide bonds. The van der Waals surface area contributed by atoms with E-state index in [2.05, 4.69) is 15.0 Å². The summed E-state index contributed by atoms with van der Waals surface area (Å²) in [6, 6.07) is 12.0. The first-order chi connectivity index (χ1) is 9.48. The van der Waals surface area contributed by atoms with Gasteiger partial charge in [0.1, 0.15) is 17.6 Å². The minimum absolute atomic E-state index is 0.104. The third kappa shape index (κ3) is 3.62. The van der Waals surface area contributed by atoms with Crippen LogP contribution in [0.2, 0.25) is 0 Å². The molecule has 0 unspecified atom stereocenters. The molecule has 0 radical (unpaired) electrons. The van der Waals surface area contributed by atoms with Crippen LogP contribution in [0.3, 0.4) is 0 Å². The lowest BCUT2D eigenvalue weighted by molar-refractivity contribution is -0.274. The number of alkyl halides is 3. The Kier molecular flexibility index (Phi) is 3.75. The molecule has 0 fully saturated rings. The zero-order valence-corrected chi connectivity index (χ0v) is 9.98. The standard InChI is InChI=1S/C13H8F3N3O/c14-13(15,16)20-11-6-2-1-5-10(11)19-12-7-3-4-9(8-17)18-12/h1-7H,(H,18,19). The van der Waals surface area contributed by atoms with Crippen LogP contribution in [0.1, 0.15) is 5.69 Å². The number of rotatable bonds is 3. The zero-order valence-electron chi connectivity index (χ0n) is 9.98. The normalized spacial score (nSPS) is 10.7. The second kappa shape index (κ2) is 5.48. The second-order valence-corrected chi connectivity index (χ2v) is 3.69. The fraction of sp³-hybridized carbons (Fsp3) is 0.0769. The summed E-state index contributed by atoms with van der Waals surface area (Å²) in [5, 5.41) is 11.4. The molecule has 0 saturated carbocycles. The van der Waals surface area contributed by atoms with Crippen LogP contribution in [-0.4, -0.2) is 11.3 Å². The van der Waals surface area contributed by atoms with E-state index < -0.39 is 6.36 Å². The Morgan fingerprint density at radius 2 is 1.85 bits per heavy atom. The summed E-state index contributed by atoms with van der Waals surface area (Å²) in [4.78, 5) is 3.92. The number of aromatic nitrogens is 1. The van der Waals surface area contributed by atoms with Gasteiger partial charge in [0.25, 0.3) is 0 Å². The van der Waals surface area contributed by atoms with E-state index in [0.717, 1.165) is 0 Å². The van der Waals surface area contributed by atoms with E-state index in [1.807, 2.05) is 6.07 Å². The number of halogens is 3. The molecule has 2 rings (SSSR count). The number of nitrogens with zero attached hydrogens (tertiary/aromatic N) is 2. The molecule has 4 nitrogen and oxygen atoms in total. The Morgan fingerprint density at radius 1 is 1.10 bits per heavy atom. The van der Waals surface area contributed by atoms with E-state index in [4.69, 9.17) is 5.26 Å². The van der Waals surface area contributed by atoms with Crippen LogP contribution < -0.4 is 10.1 Å². The average molecular weight is 279 g/mol. The Hall–Kier alpha value is -2.75. The average Bonchev–Trinajstić information content (AvgIpc) is 2.40. The smallest absolute Gasteiger partial charge is 0.404 e. The highest BCUT2D eigenvalue weighted by atomic mass is 19.4. The molecular formula is C13H8F3N3O. The number of hydrogen-bond acceptors (Lipinski definition) is 4. The van der Waals surface area contributed by atoms with Gasteiger partial charge in [-0.2, -0.15) is 5.26 Å². The maximum atomic E-state index is 12.3. The predicted molar refractivity (Wildman–Crippen MR) is 65.4 cm³/mol. The van der Waals surface area contributed by atoms with Crippen LogP contribution in [0, 0.1) is 11.3 Å². The van der Waals surface area contributed by atoms with E-state index in [-0.39, 0.29) is 22.9 Å². The van der Waals surface area contributed by atoms with Crippen LogP contribution >= 0.6 is 0 Å². The van der Waals surface area contributed by atoms with Crippen LogP contribution in [0.4, 0.5) is 24.7 Å². The maximum Gasteiger partial charge on any atom is 0.573 e. The number of benzene rings is 1. The topological polar surface area (TPSA) is 57.9 Å². The quantitative estimate of drug-likeness (QED) is 0.932. The molecule has 0 saturated heterocycles. The van der Waals surface area contributed by atoms with Gasteiger partial charge in [-0.15, -0.1) is 13.2 Å². The molecule has 0 spiro atoms. The molecule has 7 heteroatoms. The number of anilines is 2. The van der Waals surface area contributed by atoms with Crippen LogP contribution in [0.25, 0.3) is 0 Å². The van der Waals surface area contributed by atoms with Gasteiger partial charge in [-0.05, 0) is 24.3 Å². The van der Waals surface area contributed by atoms with Crippen LogP contribution in [-0.2, 0) is 0 Å². The first kappa shape index (κ1) is 13.7. The fourth-order valence-corrected chi connectivity index (χ4v) is 1.49. The summed E-state index contributed by atoms with van der Waals surface area (Å²) in [7, 11) is 0. The lowest BCUT2D eigenvalue weighted by atomic mass is 10.3. The van der Waals surface area contributed by atoms with Gasteiger partial charge in [0.2, 0.25) is 0 Å². The van der Waals surface area contributed by atoms with E-state index in [1.54, 1.807) is 12.1 Å². The van der Waals surface area contributed by atoms with Crippen molar-refractivity contribution in [2.45, 2.75) is 6.36 Å². The van der Waals surface area contributed by atoms with Gasteiger partial charge >= 0.3 is 6.36 Å². The molecule has 1 heterocycles. The lowest BCUT2D eigenvalue weighted by Gasteiger charge is -2.14. The van der Waals surface area contributed by atoms with Crippen molar-refractivity contribution in [2.75, 3.05) is 5.32 Å². The predicted octanol–water partition coefficient (Wildman–Crippen LogP) is 3.60. The molecule has 0 aliphatic carbocycles. The minimum Gasteiger partial charge on any atom is -0.404 e. The Bertz CT molecular complexity index is 650. The third-order valence-electron chi connectivity index (χ3n) is 2.24. The molecule has 20 heavy (non-hydrogen) atoms. The van der Waals surface area contributed by atoms with Crippen molar-refractivity contribution < 1.29 is 17.9 Å². The molecule has 1 aromatic heterocycles. The Labute approximate surface area is 112 Å². The summed E-state index contributed by atoms with van der Waals surface area (Å²) in [6.07, 6.45) is -4.78. The molecule has 0 bridgehead atoms. The number of para-hydroxylation sites is 2. The maximum absolute atomic E-state index is 12.3. The molecule has 0 atom stereocenters. The van der Waals surface area contributed by atoms with Crippen molar-refractivity contribution in [1.29, 1.82) is 5.26 Å². The van der Waals surface area contributed by atoms with Gasteiger partial charge in [0.15, 0.2) is 5.75 Å². The van der Waals surface area contributed by atoms with E-state index in [9.17, 15) is 13.2 Å². The number of nitriles is 1. The molecule has 1 aromatic carbocycles. The molecule has 102 valence electrons. The summed E-state index contributed by atoms with van der Waals surface area (Å²) in [5.41, 5.74) is 0.261. The van der Waals surface area contributed by atoms with Gasteiger partial charge < -0.3 is 10.1 Å². The molecule has 0 aliphatic heterocycles. The van der Waals surface area contributed by atoms with Crippen molar-refractivity contribution >= 4 is 11.5 Å². The fourth-order valence-electron chi connectivity index (χ4n) is 1.49. The first-order valence-corrected chi connectivity index (χ1v) is 5.47. The largest absolute Gasteiger partial charge is 0.573 e. The summed E-state index contributed by atoms with van der Waals surface area (Å²) >= 11 is 0. The van der Waals surface area contributed by atoms with Crippen molar-refractivity contribution in [1.82, 2.24) is 4.98 Å². The SMILES string of the molecule is N#Cc1cccc(Nc2ccccc2OC(F)(F)F)n1. The zero-order chi connectivity index (χ0) is 14.6. The molecular weight excluding hydrogens is 271 g/mol. The minimum atomic E-state index is -4.78. The van der Waals surface area contributed by atoms with Gasteiger partial charge in [-0.25, -0.2) is 4.98 Å². The van der Waals surface area contributed by atoms with Gasteiger partial charge in [0.05, 0.1) is 5.69 Å². The van der Waals surface area contributed by atoms with E-state index >= 15 is 0 Å². The Balaban J connectivity index is 2.27. The Morgan fingerprint density at radius 3 is 2.55 bits per heavy atom. The first-order valence-electron chi connectivity index (χ1n) is 5.47. The van der Waals surface area contributed by atoms with Crippen LogP contribution in [0.5, 0.6) is 5.75 Å². The number of pyridine rings is 1. The highest BCUT2D eigenvalue weighted by Crippen LogP contribution is 2.31. The number of nitrogens with one attached hydrogen (secondary N) is 1. The summed E-state index contributed by atoms with van der Waals surface area (Å²) < 4.78 is 40.7. The molecule has 1 N–H and O–H groups in total. The number of hydrogen-bond donors (Lipinski definition) is 1. The van der Waals surface area contributed by atoms with Gasteiger partial charge in [-0.1, -0.05) is 18.2 Å². The monoisotopic (exact) mass is 279 g/mol. The number of ether oxygens (including phenoxy) is 1. The molecule has 2 aromatic rings. The van der Waals surface area contributed by atoms with E-state index in [1.165, 1.54) is 30.3 Å². The molecule has 0 aliphatic rings. The van der Waals surface area contributed by atoms with Crippen LogP contribution in [0.15, 0.2) is 42.5 Å². The highest BCUT2D eigenvalue weighted by Gasteiger charge is 2.32. The van der Waals surface area contributed by atoms with Gasteiger partial charge in [0, 0.05) is 0 Å². The highest BCUT2D eigenvalue weighted by molar-refractivity contribution is 5.64. The van der Waals surface area contributed by atoms with Crippen molar-refractivity contribution in [2.24, 2.45) is 0 Å². The third-order valence-corrected chi connectivity index (χ3v) is 2.24. The van der Waals surface area contributed by atoms with E-state index in [0.29, 0.717) is 0 Å². The van der Waals surface area contributed by atoms with Crippen molar-refractivity contribution in [3.63, 3.8) is 0 Å².